The number of ether oxygens (including phenoxy) is 2. The monoisotopic (exact) mass is 856 g/mol. The van der Waals surface area contributed by atoms with E-state index in [1.54, 1.807) is 0 Å². The normalized spacial score (nSPS) is 13.5. The fraction of sp³-hybridized carbons (Fsp3) is 0.900. The number of hydrogen-bond acceptors (Lipinski definition) is 7. The summed E-state index contributed by atoms with van der Waals surface area (Å²) in [7, 11) is -4.28. The number of allylic oxidation sites excluding steroid dienone is 4. The molecule has 8 nitrogen and oxygen atoms in total. The van der Waals surface area contributed by atoms with Crippen molar-refractivity contribution >= 4 is 13.8 Å². The van der Waals surface area contributed by atoms with E-state index in [1.807, 2.05) is 0 Å². The molecule has 0 rings (SSSR count). The Morgan fingerprint density at radius 2 is 0.915 bits per heavy atom. The molecule has 0 aromatic carbocycles. The van der Waals surface area contributed by atoms with Gasteiger partial charge >= 0.3 is 13.8 Å². The molecule has 0 aromatic heterocycles. The lowest BCUT2D eigenvalue weighted by molar-refractivity contribution is -0.154. The summed E-state index contributed by atoms with van der Waals surface area (Å²) in [4.78, 5) is 22.5. The van der Waals surface area contributed by atoms with Gasteiger partial charge in [-0.25, -0.2) is 4.57 Å². The van der Waals surface area contributed by atoms with Crippen LogP contribution in [0.4, 0.5) is 0 Å². The van der Waals surface area contributed by atoms with Crippen molar-refractivity contribution in [3.8, 4) is 0 Å². The lowest BCUT2D eigenvalue weighted by Crippen LogP contribution is -2.28. The minimum atomic E-state index is -4.28. The molecule has 0 spiro atoms. The zero-order valence-electron chi connectivity index (χ0n) is 39.0. The minimum absolute atomic E-state index is 0.0961. The fourth-order valence-corrected chi connectivity index (χ4v) is 8.13. The highest BCUT2D eigenvalue weighted by molar-refractivity contribution is 7.47. The Labute approximate surface area is 366 Å². The molecule has 0 bridgehead atoms. The van der Waals surface area contributed by atoms with E-state index >= 15 is 0 Å². The second-order valence-electron chi connectivity index (χ2n) is 17.0. The first-order chi connectivity index (χ1) is 28.9. The smallest absolute Gasteiger partial charge is 0.457 e. The molecule has 0 heterocycles. The Morgan fingerprint density at radius 3 is 1.37 bits per heavy atom. The van der Waals surface area contributed by atoms with Gasteiger partial charge in [-0.3, -0.25) is 13.8 Å². The molecule has 0 aromatic rings. The van der Waals surface area contributed by atoms with Crippen LogP contribution in [0.5, 0.6) is 0 Å². The SMILES string of the molecule is CCCC/C=C\C/C=C\CCCCCCCC(=O)OC(COCCCCCCCCCCCCCCCCCCCCCCCCCCCC)COP(=O)(O)OCCN. The summed E-state index contributed by atoms with van der Waals surface area (Å²) in [6.07, 6.45) is 55.1. The van der Waals surface area contributed by atoms with Crippen LogP contribution in [0.15, 0.2) is 24.3 Å². The number of carbonyl (C=O) groups excluding carboxylic acids is 1. The van der Waals surface area contributed by atoms with Crippen molar-refractivity contribution in [2.24, 2.45) is 5.73 Å². The zero-order valence-corrected chi connectivity index (χ0v) is 39.9. The van der Waals surface area contributed by atoms with Gasteiger partial charge in [0.05, 0.1) is 19.8 Å². The van der Waals surface area contributed by atoms with Crippen LogP contribution in [0.3, 0.4) is 0 Å². The second-order valence-corrected chi connectivity index (χ2v) is 18.5. The van der Waals surface area contributed by atoms with Gasteiger partial charge in [-0.1, -0.05) is 231 Å². The Kier molecular flexibility index (Phi) is 47.2. The van der Waals surface area contributed by atoms with E-state index in [2.05, 4.69) is 38.2 Å². The molecule has 0 aliphatic heterocycles. The Hall–Kier alpha value is -1.02. The van der Waals surface area contributed by atoms with Crippen LogP contribution < -0.4 is 5.73 Å². The zero-order chi connectivity index (χ0) is 43.0. The minimum Gasteiger partial charge on any atom is -0.457 e. The summed E-state index contributed by atoms with van der Waals surface area (Å²) in [5, 5.41) is 0. The molecule has 0 fully saturated rings. The molecule has 0 aliphatic carbocycles. The average Bonchev–Trinajstić information content (AvgIpc) is 3.23. The summed E-state index contributed by atoms with van der Waals surface area (Å²) >= 11 is 0. The highest BCUT2D eigenvalue weighted by Gasteiger charge is 2.25. The first-order valence-electron chi connectivity index (χ1n) is 25.3. The molecular formula is C50H98NO7P. The molecule has 0 amide bonds. The molecular weight excluding hydrogens is 758 g/mol. The summed E-state index contributed by atoms with van der Waals surface area (Å²) in [6.45, 7) is 4.91. The number of rotatable bonds is 49. The highest BCUT2D eigenvalue weighted by Crippen LogP contribution is 2.43. The largest absolute Gasteiger partial charge is 0.472 e. The van der Waals surface area contributed by atoms with Gasteiger partial charge in [0.1, 0.15) is 6.10 Å². The molecule has 0 saturated carbocycles. The van der Waals surface area contributed by atoms with E-state index in [1.165, 1.54) is 173 Å². The number of hydrogen-bond donors (Lipinski definition) is 2. The maximum absolute atomic E-state index is 12.6. The number of carbonyl (C=O) groups is 1. The molecule has 2 unspecified atom stereocenters. The van der Waals surface area contributed by atoms with E-state index in [9.17, 15) is 14.3 Å². The van der Waals surface area contributed by atoms with Crippen molar-refractivity contribution in [1.82, 2.24) is 0 Å². The molecule has 2 atom stereocenters. The van der Waals surface area contributed by atoms with Crippen LogP contribution in [-0.2, 0) is 27.9 Å². The summed E-state index contributed by atoms with van der Waals surface area (Å²) in [5.74, 6) is -0.340. The molecule has 59 heavy (non-hydrogen) atoms. The van der Waals surface area contributed by atoms with Gasteiger partial charge < -0.3 is 20.1 Å². The number of unbranched alkanes of at least 4 members (excludes halogenated alkanes) is 32. The maximum atomic E-state index is 12.6. The van der Waals surface area contributed by atoms with E-state index in [4.69, 9.17) is 24.3 Å². The van der Waals surface area contributed by atoms with E-state index in [0.29, 0.717) is 13.0 Å². The van der Waals surface area contributed by atoms with Crippen LogP contribution in [0.1, 0.15) is 251 Å². The first kappa shape index (κ1) is 58.0. The van der Waals surface area contributed by atoms with Gasteiger partial charge in [-0.2, -0.15) is 0 Å². The Bertz CT molecular complexity index is 962. The van der Waals surface area contributed by atoms with Gasteiger partial charge in [-0.05, 0) is 38.5 Å². The third-order valence-electron chi connectivity index (χ3n) is 11.1. The topological polar surface area (TPSA) is 117 Å². The van der Waals surface area contributed by atoms with Crippen LogP contribution in [0, 0.1) is 0 Å². The van der Waals surface area contributed by atoms with E-state index in [-0.39, 0.29) is 32.3 Å². The maximum Gasteiger partial charge on any atom is 0.472 e. The molecule has 350 valence electrons. The number of nitrogens with two attached hydrogens (primary N) is 1. The molecule has 0 radical (unpaired) electrons. The predicted molar refractivity (Wildman–Crippen MR) is 252 cm³/mol. The quantitative estimate of drug-likeness (QED) is 0.0269. The van der Waals surface area contributed by atoms with Gasteiger partial charge in [-0.15, -0.1) is 0 Å². The third kappa shape index (κ3) is 47.9. The number of phosphoric ester groups is 1. The second kappa shape index (κ2) is 48.0. The summed E-state index contributed by atoms with van der Waals surface area (Å²) in [5.41, 5.74) is 5.38. The van der Waals surface area contributed by atoms with Crippen LogP contribution in [-0.4, -0.2) is 49.9 Å². The van der Waals surface area contributed by atoms with E-state index < -0.39 is 13.9 Å². The summed E-state index contributed by atoms with van der Waals surface area (Å²) in [6, 6.07) is 0. The average molecular weight is 856 g/mol. The van der Waals surface area contributed by atoms with Crippen molar-refractivity contribution in [1.29, 1.82) is 0 Å². The molecule has 9 heteroatoms. The lowest BCUT2D eigenvalue weighted by Gasteiger charge is -2.20. The van der Waals surface area contributed by atoms with E-state index in [0.717, 1.165) is 57.8 Å². The Balaban J connectivity index is 3.84. The number of esters is 1. The predicted octanol–water partition coefficient (Wildman–Crippen LogP) is 15.6. The van der Waals surface area contributed by atoms with Gasteiger partial charge in [0.2, 0.25) is 0 Å². The number of phosphoric acid groups is 1. The fourth-order valence-electron chi connectivity index (χ4n) is 7.37. The first-order valence-corrected chi connectivity index (χ1v) is 26.8. The van der Waals surface area contributed by atoms with Crippen LogP contribution in [0.25, 0.3) is 0 Å². The molecule has 0 saturated heterocycles. The lowest BCUT2D eigenvalue weighted by atomic mass is 10.0. The molecule has 3 N–H and O–H groups in total. The standard InChI is InChI=1S/C50H98NO7P/c1-3-5-7-9-11-13-15-17-19-20-21-22-23-24-25-26-27-28-29-30-32-34-36-38-40-42-45-55-47-49(48-57-59(53,54)56-46-44-51)58-50(52)43-41-39-37-35-33-31-18-16-14-12-10-8-6-4-2/h10,12,16,18,49H,3-9,11,13-15,17,19-48,51H2,1-2H3,(H,53,54)/b12-10-,18-16-. The van der Waals surface area contributed by atoms with Crippen LogP contribution >= 0.6 is 7.82 Å². The Morgan fingerprint density at radius 1 is 0.508 bits per heavy atom. The van der Waals surface area contributed by atoms with Crippen molar-refractivity contribution in [2.45, 2.75) is 258 Å². The van der Waals surface area contributed by atoms with Gasteiger partial charge in [0, 0.05) is 19.6 Å². The highest BCUT2D eigenvalue weighted by atomic mass is 31.2. The van der Waals surface area contributed by atoms with Crippen LogP contribution in [0.2, 0.25) is 0 Å². The van der Waals surface area contributed by atoms with Gasteiger partial charge in [0.25, 0.3) is 0 Å². The molecule has 0 aliphatic rings. The van der Waals surface area contributed by atoms with Crippen molar-refractivity contribution in [3.63, 3.8) is 0 Å². The van der Waals surface area contributed by atoms with Crippen molar-refractivity contribution in [3.05, 3.63) is 24.3 Å². The van der Waals surface area contributed by atoms with Gasteiger partial charge in [0.15, 0.2) is 0 Å². The summed E-state index contributed by atoms with van der Waals surface area (Å²) < 4.78 is 33.5. The van der Waals surface area contributed by atoms with Crippen molar-refractivity contribution in [2.75, 3.05) is 33.0 Å². The van der Waals surface area contributed by atoms with Crippen molar-refractivity contribution < 1.29 is 32.8 Å². The third-order valence-corrected chi connectivity index (χ3v) is 12.1.